The molecule has 0 aliphatic rings. The molecule has 4 nitrogen and oxygen atoms in total. The molecular formula is C16H19N3O. The van der Waals surface area contributed by atoms with E-state index in [0.717, 1.165) is 16.8 Å². The van der Waals surface area contributed by atoms with E-state index in [1.54, 1.807) is 6.20 Å². The van der Waals surface area contributed by atoms with Crippen molar-refractivity contribution >= 4 is 5.91 Å². The lowest BCUT2D eigenvalue weighted by atomic mass is 10.0. The number of hydrogen-bond acceptors (Lipinski definition) is 3. The number of nitrogens with two attached hydrogens (primary N) is 1. The van der Waals surface area contributed by atoms with Crippen LogP contribution in [0.5, 0.6) is 0 Å². The van der Waals surface area contributed by atoms with E-state index in [9.17, 15) is 4.79 Å². The van der Waals surface area contributed by atoms with Crippen LogP contribution in [0.15, 0.2) is 48.7 Å². The number of amides is 1. The molecule has 0 fully saturated rings. The van der Waals surface area contributed by atoms with Crippen LogP contribution in [0.2, 0.25) is 0 Å². The van der Waals surface area contributed by atoms with Gasteiger partial charge < -0.3 is 11.1 Å². The first kappa shape index (κ1) is 14.2. The molecule has 3 N–H and O–H groups in total. The number of pyridine rings is 1. The van der Waals surface area contributed by atoms with Crippen LogP contribution < -0.4 is 11.1 Å². The largest absolute Gasteiger partial charge is 0.348 e. The van der Waals surface area contributed by atoms with E-state index in [4.69, 9.17) is 5.73 Å². The quantitative estimate of drug-likeness (QED) is 0.872. The Balaban J connectivity index is 1.99. The Hall–Kier alpha value is -2.20. The minimum absolute atomic E-state index is 0.0240. The summed E-state index contributed by atoms with van der Waals surface area (Å²) in [7, 11) is 0. The standard InChI is InChI=1S/C16H19N3O/c1-12(15-8-4-5-9-18-15)19-16(20)10-13-6-2-3-7-14(13)11-17/h2-9,12H,10-11,17H2,1H3,(H,19,20). The second-order valence-corrected chi connectivity index (χ2v) is 4.69. The monoisotopic (exact) mass is 269 g/mol. The van der Waals surface area contributed by atoms with Crippen molar-refractivity contribution in [1.29, 1.82) is 0 Å². The number of nitrogens with zero attached hydrogens (tertiary/aromatic N) is 1. The Kier molecular flexibility index (Phi) is 4.85. The highest BCUT2D eigenvalue weighted by Crippen LogP contribution is 2.11. The molecule has 104 valence electrons. The van der Waals surface area contributed by atoms with Crippen molar-refractivity contribution in [2.45, 2.75) is 25.9 Å². The topological polar surface area (TPSA) is 68.0 Å². The molecule has 0 saturated heterocycles. The fourth-order valence-electron chi connectivity index (χ4n) is 2.10. The van der Waals surface area contributed by atoms with Gasteiger partial charge in [0.15, 0.2) is 0 Å². The Labute approximate surface area is 119 Å². The Morgan fingerprint density at radius 1 is 1.20 bits per heavy atom. The first-order chi connectivity index (χ1) is 9.70. The van der Waals surface area contributed by atoms with Gasteiger partial charge in [0.05, 0.1) is 18.2 Å². The van der Waals surface area contributed by atoms with Gasteiger partial charge in [-0.1, -0.05) is 30.3 Å². The molecule has 1 unspecified atom stereocenters. The SMILES string of the molecule is CC(NC(=O)Cc1ccccc1CN)c1ccccn1. The van der Waals surface area contributed by atoms with Crippen LogP contribution in [0.4, 0.5) is 0 Å². The maximum Gasteiger partial charge on any atom is 0.224 e. The van der Waals surface area contributed by atoms with E-state index in [0.29, 0.717) is 13.0 Å². The van der Waals surface area contributed by atoms with Crippen LogP contribution in [0.1, 0.15) is 29.8 Å². The predicted molar refractivity (Wildman–Crippen MR) is 78.8 cm³/mol. The molecule has 2 aromatic rings. The summed E-state index contributed by atoms with van der Waals surface area (Å²) in [4.78, 5) is 16.3. The smallest absolute Gasteiger partial charge is 0.224 e. The molecule has 1 aromatic heterocycles. The van der Waals surface area contributed by atoms with Gasteiger partial charge in [0.2, 0.25) is 5.91 Å². The zero-order valence-corrected chi connectivity index (χ0v) is 11.5. The Morgan fingerprint density at radius 3 is 2.55 bits per heavy atom. The van der Waals surface area contributed by atoms with Gasteiger partial charge in [-0.25, -0.2) is 0 Å². The normalized spacial score (nSPS) is 11.9. The van der Waals surface area contributed by atoms with Gasteiger partial charge in [-0.15, -0.1) is 0 Å². The molecule has 0 spiro atoms. The number of benzene rings is 1. The summed E-state index contributed by atoms with van der Waals surface area (Å²) >= 11 is 0. The maximum atomic E-state index is 12.1. The molecule has 1 amide bonds. The van der Waals surface area contributed by atoms with Crippen molar-refractivity contribution < 1.29 is 4.79 Å². The van der Waals surface area contributed by atoms with Gasteiger partial charge in [0.25, 0.3) is 0 Å². The average molecular weight is 269 g/mol. The second kappa shape index (κ2) is 6.82. The Morgan fingerprint density at radius 2 is 1.90 bits per heavy atom. The summed E-state index contributed by atoms with van der Waals surface area (Å²) in [6, 6.07) is 13.3. The lowest BCUT2D eigenvalue weighted by Crippen LogP contribution is -2.29. The second-order valence-electron chi connectivity index (χ2n) is 4.69. The van der Waals surface area contributed by atoms with Gasteiger partial charge in [-0.2, -0.15) is 0 Å². The van der Waals surface area contributed by atoms with Gasteiger partial charge in [0, 0.05) is 12.7 Å². The van der Waals surface area contributed by atoms with Crippen LogP contribution in [0, 0.1) is 0 Å². The summed E-state index contributed by atoms with van der Waals surface area (Å²) in [5.74, 6) is -0.0240. The summed E-state index contributed by atoms with van der Waals surface area (Å²) < 4.78 is 0. The van der Waals surface area contributed by atoms with Crippen molar-refractivity contribution in [2.24, 2.45) is 5.73 Å². The van der Waals surface area contributed by atoms with Crippen LogP contribution in [-0.2, 0) is 17.8 Å². The zero-order chi connectivity index (χ0) is 14.4. The van der Waals surface area contributed by atoms with E-state index >= 15 is 0 Å². The van der Waals surface area contributed by atoms with Crippen molar-refractivity contribution in [3.05, 3.63) is 65.5 Å². The molecule has 20 heavy (non-hydrogen) atoms. The molecule has 0 saturated carbocycles. The van der Waals surface area contributed by atoms with Gasteiger partial charge in [-0.05, 0) is 30.2 Å². The van der Waals surface area contributed by atoms with Gasteiger partial charge >= 0.3 is 0 Å². The number of aromatic nitrogens is 1. The minimum atomic E-state index is -0.103. The molecule has 2 rings (SSSR count). The number of hydrogen-bond donors (Lipinski definition) is 2. The minimum Gasteiger partial charge on any atom is -0.348 e. The maximum absolute atomic E-state index is 12.1. The van der Waals surface area contributed by atoms with E-state index < -0.39 is 0 Å². The highest BCUT2D eigenvalue weighted by Gasteiger charge is 2.12. The van der Waals surface area contributed by atoms with E-state index in [1.165, 1.54) is 0 Å². The fourth-order valence-corrected chi connectivity index (χ4v) is 2.10. The molecule has 0 aliphatic heterocycles. The molecule has 1 aromatic carbocycles. The molecule has 0 bridgehead atoms. The van der Waals surface area contributed by atoms with E-state index in [-0.39, 0.29) is 11.9 Å². The predicted octanol–water partition coefficient (Wildman–Crippen LogP) is 1.96. The molecule has 1 heterocycles. The fraction of sp³-hybridized carbons (Fsp3) is 0.250. The number of nitrogens with one attached hydrogen (secondary N) is 1. The van der Waals surface area contributed by atoms with Gasteiger partial charge in [-0.3, -0.25) is 9.78 Å². The van der Waals surface area contributed by atoms with E-state index in [2.05, 4.69) is 10.3 Å². The summed E-state index contributed by atoms with van der Waals surface area (Å²) in [5, 5.41) is 2.95. The lowest BCUT2D eigenvalue weighted by molar-refractivity contribution is -0.121. The molecule has 0 radical (unpaired) electrons. The van der Waals surface area contributed by atoms with Crippen molar-refractivity contribution in [3.8, 4) is 0 Å². The van der Waals surface area contributed by atoms with Crippen molar-refractivity contribution in [3.63, 3.8) is 0 Å². The summed E-state index contributed by atoms with van der Waals surface area (Å²) in [6.07, 6.45) is 2.06. The lowest BCUT2D eigenvalue weighted by Gasteiger charge is -2.14. The number of rotatable bonds is 5. The third-order valence-corrected chi connectivity index (χ3v) is 3.20. The zero-order valence-electron chi connectivity index (χ0n) is 11.5. The Bertz CT molecular complexity index is 569. The van der Waals surface area contributed by atoms with Crippen LogP contribution in [0.3, 0.4) is 0 Å². The van der Waals surface area contributed by atoms with Crippen LogP contribution in [-0.4, -0.2) is 10.9 Å². The summed E-state index contributed by atoms with van der Waals surface area (Å²) in [5.41, 5.74) is 8.51. The number of carbonyl (C=O) groups excluding carboxylic acids is 1. The average Bonchev–Trinajstić information content (AvgIpc) is 2.48. The highest BCUT2D eigenvalue weighted by atomic mass is 16.1. The third-order valence-electron chi connectivity index (χ3n) is 3.20. The molecule has 4 heteroatoms. The number of carbonyl (C=O) groups is 1. The summed E-state index contributed by atoms with van der Waals surface area (Å²) in [6.45, 7) is 2.37. The third kappa shape index (κ3) is 3.65. The molecule has 0 aliphatic carbocycles. The van der Waals surface area contributed by atoms with Gasteiger partial charge in [0.1, 0.15) is 0 Å². The first-order valence-corrected chi connectivity index (χ1v) is 6.68. The van der Waals surface area contributed by atoms with E-state index in [1.807, 2.05) is 49.4 Å². The molecular weight excluding hydrogens is 250 g/mol. The van der Waals surface area contributed by atoms with Crippen LogP contribution in [0.25, 0.3) is 0 Å². The van der Waals surface area contributed by atoms with Crippen LogP contribution >= 0.6 is 0 Å². The first-order valence-electron chi connectivity index (χ1n) is 6.68. The molecule has 1 atom stereocenters. The van der Waals surface area contributed by atoms with Crippen molar-refractivity contribution in [1.82, 2.24) is 10.3 Å². The van der Waals surface area contributed by atoms with Crippen molar-refractivity contribution in [2.75, 3.05) is 0 Å². The highest BCUT2D eigenvalue weighted by molar-refractivity contribution is 5.79.